The number of fused-ring (bicyclic) bond motifs is 1. The SMILES string of the molecule is CCOC1(c2ccccc2)C(=O)N(CCN(C)C)c2ccccc21. The van der Waals surface area contributed by atoms with E-state index < -0.39 is 5.60 Å². The minimum atomic E-state index is -1.04. The highest BCUT2D eigenvalue weighted by Crippen LogP contribution is 2.46. The van der Waals surface area contributed by atoms with Gasteiger partial charge in [0, 0.05) is 25.3 Å². The Bertz CT molecular complexity index is 715. The number of carbonyl (C=O) groups excluding carboxylic acids is 1. The number of anilines is 1. The van der Waals surface area contributed by atoms with E-state index in [-0.39, 0.29) is 5.91 Å². The summed E-state index contributed by atoms with van der Waals surface area (Å²) in [7, 11) is 4.03. The zero-order valence-electron chi connectivity index (χ0n) is 14.5. The quantitative estimate of drug-likeness (QED) is 0.819. The highest BCUT2D eigenvalue weighted by Gasteiger charge is 2.52. The summed E-state index contributed by atoms with van der Waals surface area (Å²) in [6.45, 7) is 3.85. The molecule has 1 heterocycles. The molecular formula is C20H24N2O2. The Morgan fingerprint density at radius 1 is 1.04 bits per heavy atom. The van der Waals surface area contributed by atoms with Crippen molar-refractivity contribution in [3.8, 4) is 0 Å². The van der Waals surface area contributed by atoms with Gasteiger partial charge in [0.1, 0.15) is 0 Å². The van der Waals surface area contributed by atoms with Crippen molar-refractivity contribution in [2.24, 2.45) is 0 Å². The molecule has 1 aliphatic rings. The minimum Gasteiger partial charge on any atom is -0.356 e. The van der Waals surface area contributed by atoms with Crippen LogP contribution < -0.4 is 4.90 Å². The fraction of sp³-hybridized carbons (Fsp3) is 0.350. The number of rotatable bonds is 6. The van der Waals surface area contributed by atoms with Crippen LogP contribution in [0, 0.1) is 0 Å². The third kappa shape index (κ3) is 2.62. The molecule has 0 aliphatic carbocycles. The summed E-state index contributed by atoms with van der Waals surface area (Å²) in [4.78, 5) is 17.4. The standard InChI is InChI=1S/C20H24N2O2/c1-4-24-20(16-10-6-5-7-11-16)17-12-8-9-13-18(17)22(19(20)23)15-14-21(2)3/h5-13H,4,14-15H2,1-3H3. The molecule has 0 spiro atoms. The fourth-order valence-electron chi connectivity index (χ4n) is 3.33. The number of likely N-dealkylation sites (N-methyl/N-ethyl adjacent to an activating group) is 1. The molecule has 0 saturated heterocycles. The first-order valence-electron chi connectivity index (χ1n) is 8.37. The summed E-state index contributed by atoms with van der Waals surface area (Å²) >= 11 is 0. The maximum atomic E-state index is 13.5. The van der Waals surface area contributed by atoms with Gasteiger partial charge in [0.25, 0.3) is 5.91 Å². The Hall–Kier alpha value is -2.17. The molecule has 2 aromatic rings. The van der Waals surface area contributed by atoms with Crippen LogP contribution >= 0.6 is 0 Å². The lowest BCUT2D eigenvalue weighted by molar-refractivity contribution is -0.137. The first-order valence-corrected chi connectivity index (χ1v) is 8.37. The molecule has 2 aromatic carbocycles. The van der Waals surface area contributed by atoms with E-state index in [1.54, 1.807) is 0 Å². The second-order valence-electron chi connectivity index (χ2n) is 6.26. The number of hydrogen-bond donors (Lipinski definition) is 0. The van der Waals surface area contributed by atoms with Crippen molar-refractivity contribution in [1.82, 2.24) is 4.90 Å². The highest BCUT2D eigenvalue weighted by atomic mass is 16.5. The Morgan fingerprint density at radius 2 is 1.71 bits per heavy atom. The molecule has 0 aromatic heterocycles. The zero-order chi connectivity index (χ0) is 17.2. The van der Waals surface area contributed by atoms with Crippen molar-refractivity contribution in [2.45, 2.75) is 12.5 Å². The van der Waals surface area contributed by atoms with Crippen LogP contribution in [0.15, 0.2) is 54.6 Å². The van der Waals surface area contributed by atoms with E-state index in [2.05, 4.69) is 4.90 Å². The van der Waals surface area contributed by atoms with Crippen LogP contribution in [0.5, 0.6) is 0 Å². The lowest BCUT2D eigenvalue weighted by Crippen LogP contribution is -2.45. The van der Waals surface area contributed by atoms with E-state index in [9.17, 15) is 4.79 Å². The van der Waals surface area contributed by atoms with Crippen LogP contribution in [-0.4, -0.2) is 44.6 Å². The Kier molecular flexibility index (Phi) is 4.69. The van der Waals surface area contributed by atoms with Gasteiger partial charge in [0.05, 0.1) is 5.69 Å². The molecule has 0 fully saturated rings. The molecule has 3 rings (SSSR count). The Labute approximate surface area is 143 Å². The summed E-state index contributed by atoms with van der Waals surface area (Å²) in [5.41, 5.74) is 1.72. The number of para-hydroxylation sites is 1. The monoisotopic (exact) mass is 324 g/mol. The van der Waals surface area contributed by atoms with Crippen LogP contribution in [-0.2, 0) is 15.1 Å². The second kappa shape index (κ2) is 6.75. The maximum absolute atomic E-state index is 13.5. The molecule has 0 radical (unpaired) electrons. The largest absolute Gasteiger partial charge is 0.356 e. The van der Waals surface area contributed by atoms with E-state index in [1.807, 2.05) is 80.5 Å². The smallest absolute Gasteiger partial charge is 0.268 e. The van der Waals surface area contributed by atoms with Gasteiger partial charge in [-0.15, -0.1) is 0 Å². The van der Waals surface area contributed by atoms with Crippen LogP contribution in [0.4, 0.5) is 5.69 Å². The predicted octanol–water partition coefficient (Wildman–Crippen LogP) is 2.87. The topological polar surface area (TPSA) is 32.8 Å². The second-order valence-corrected chi connectivity index (χ2v) is 6.26. The van der Waals surface area contributed by atoms with Crippen molar-refractivity contribution in [3.63, 3.8) is 0 Å². The van der Waals surface area contributed by atoms with Gasteiger partial charge in [-0.3, -0.25) is 4.79 Å². The number of carbonyl (C=O) groups is 1. The van der Waals surface area contributed by atoms with Crippen molar-refractivity contribution in [2.75, 3.05) is 38.7 Å². The van der Waals surface area contributed by atoms with Crippen molar-refractivity contribution >= 4 is 11.6 Å². The molecule has 0 N–H and O–H groups in total. The highest BCUT2D eigenvalue weighted by molar-refractivity contribution is 6.09. The van der Waals surface area contributed by atoms with Gasteiger partial charge in [-0.1, -0.05) is 48.5 Å². The van der Waals surface area contributed by atoms with Gasteiger partial charge >= 0.3 is 0 Å². The average Bonchev–Trinajstić information content (AvgIpc) is 2.84. The van der Waals surface area contributed by atoms with Crippen molar-refractivity contribution in [3.05, 3.63) is 65.7 Å². The van der Waals surface area contributed by atoms with E-state index in [0.29, 0.717) is 13.2 Å². The number of ether oxygens (including phenoxy) is 1. The first-order chi connectivity index (χ1) is 11.6. The van der Waals surface area contributed by atoms with E-state index >= 15 is 0 Å². The number of hydrogen-bond acceptors (Lipinski definition) is 3. The predicted molar refractivity (Wildman–Crippen MR) is 96.2 cm³/mol. The Balaban J connectivity index is 2.14. The molecule has 1 unspecified atom stereocenters. The molecule has 126 valence electrons. The summed E-state index contributed by atoms with van der Waals surface area (Å²) in [6.07, 6.45) is 0. The number of benzene rings is 2. The maximum Gasteiger partial charge on any atom is 0.268 e. The number of nitrogens with zero attached hydrogens (tertiary/aromatic N) is 2. The molecule has 0 saturated carbocycles. The normalized spacial score (nSPS) is 19.8. The lowest BCUT2D eigenvalue weighted by atomic mass is 9.87. The van der Waals surface area contributed by atoms with Crippen LogP contribution in [0.3, 0.4) is 0 Å². The van der Waals surface area contributed by atoms with Gasteiger partial charge < -0.3 is 14.5 Å². The molecular weight excluding hydrogens is 300 g/mol. The van der Waals surface area contributed by atoms with Crippen LogP contribution in [0.1, 0.15) is 18.1 Å². The molecule has 24 heavy (non-hydrogen) atoms. The summed E-state index contributed by atoms with van der Waals surface area (Å²) in [5, 5.41) is 0. The summed E-state index contributed by atoms with van der Waals surface area (Å²) < 4.78 is 6.15. The van der Waals surface area contributed by atoms with Gasteiger partial charge in [-0.05, 0) is 32.6 Å². The first kappa shape index (κ1) is 16.7. The third-order valence-electron chi connectivity index (χ3n) is 4.43. The molecule has 0 bridgehead atoms. The summed E-state index contributed by atoms with van der Waals surface area (Å²) in [5.74, 6) is -0.00130. The van der Waals surface area contributed by atoms with Gasteiger partial charge in [0.15, 0.2) is 5.60 Å². The third-order valence-corrected chi connectivity index (χ3v) is 4.43. The van der Waals surface area contributed by atoms with Crippen LogP contribution in [0.25, 0.3) is 0 Å². The van der Waals surface area contributed by atoms with Crippen molar-refractivity contribution in [1.29, 1.82) is 0 Å². The van der Waals surface area contributed by atoms with Crippen molar-refractivity contribution < 1.29 is 9.53 Å². The molecule has 4 heteroatoms. The number of amides is 1. The molecule has 1 amide bonds. The average molecular weight is 324 g/mol. The fourth-order valence-corrected chi connectivity index (χ4v) is 3.33. The van der Waals surface area contributed by atoms with Crippen LogP contribution in [0.2, 0.25) is 0 Å². The molecule has 4 nitrogen and oxygen atoms in total. The van der Waals surface area contributed by atoms with Gasteiger partial charge in [-0.2, -0.15) is 0 Å². The molecule has 1 aliphatic heterocycles. The van der Waals surface area contributed by atoms with Gasteiger partial charge in [-0.25, -0.2) is 0 Å². The van der Waals surface area contributed by atoms with E-state index in [1.165, 1.54) is 0 Å². The van der Waals surface area contributed by atoms with E-state index in [4.69, 9.17) is 4.74 Å². The summed E-state index contributed by atoms with van der Waals surface area (Å²) in [6, 6.07) is 17.8. The zero-order valence-corrected chi connectivity index (χ0v) is 14.5. The lowest BCUT2D eigenvalue weighted by Gasteiger charge is -2.29. The Morgan fingerprint density at radius 3 is 2.38 bits per heavy atom. The van der Waals surface area contributed by atoms with E-state index in [0.717, 1.165) is 23.4 Å². The minimum absolute atomic E-state index is 0.00130. The van der Waals surface area contributed by atoms with Gasteiger partial charge in [0.2, 0.25) is 0 Å². The molecule has 1 atom stereocenters.